The lowest BCUT2D eigenvalue weighted by molar-refractivity contribution is 0.520. The Morgan fingerprint density at radius 2 is 2.18 bits per heavy atom. The standard InChI is InChI=1S/C14H25N3/c1-12(2)5-3-4-7-16-11-13-6-8-17-14(9-13)10-15/h6,8-9,12,16H,3-5,7,10-11,15H2,1-2H3. The van der Waals surface area contributed by atoms with Gasteiger partial charge in [0.25, 0.3) is 0 Å². The number of rotatable bonds is 8. The second kappa shape index (κ2) is 8.20. The van der Waals surface area contributed by atoms with Crippen LogP contribution in [0.5, 0.6) is 0 Å². The molecule has 0 radical (unpaired) electrons. The summed E-state index contributed by atoms with van der Waals surface area (Å²) in [5, 5.41) is 3.46. The van der Waals surface area contributed by atoms with Gasteiger partial charge in [-0.2, -0.15) is 0 Å². The first-order valence-corrected chi connectivity index (χ1v) is 6.57. The van der Waals surface area contributed by atoms with Gasteiger partial charge in [0, 0.05) is 19.3 Å². The second-order valence-electron chi connectivity index (χ2n) is 4.93. The fourth-order valence-electron chi connectivity index (χ4n) is 1.79. The van der Waals surface area contributed by atoms with Crippen LogP contribution in [0, 0.1) is 5.92 Å². The van der Waals surface area contributed by atoms with Crippen molar-refractivity contribution in [2.45, 2.75) is 46.2 Å². The molecule has 3 nitrogen and oxygen atoms in total. The summed E-state index contributed by atoms with van der Waals surface area (Å²) in [4.78, 5) is 4.18. The van der Waals surface area contributed by atoms with E-state index >= 15 is 0 Å². The Kier molecular flexibility index (Phi) is 6.82. The molecule has 0 saturated heterocycles. The summed E-state index contributed by atoms with van der Waals surface area (Å²) < 4.78 is 0. The topological polar surface area (TPSA) is 50.9 Å². The molecule has 0 aromatic carbocycles. The SMILES string of the molecule is CC(C)CCCCNCc1ccnc(CN)c1. The molecule has 0 spiro atoms. The lowest BCUT2D eigenvalue weighted by Crippen LogP contribution is -2.15. The van der Waals surface area contributed by atoms with Crippen molar-refractivity contribution >= 4 is 0 Å². The quantitative estimate of drug-likeness (QED) is 0.681. The van der Waals surface area contributed by atoms with Crippen LogP contribution in [0.3, 0.4) is 0 Å². The van der Waals surface area contributed by atoms with Gasteiger partial charge in [0.15, 0.2) is 0 Å². The van der Waals surface area contributed by atoms with Crippen molar-refractivity contribution < 1.29 is 0 Å². The summed E-state index contributed by atoms with van der Waals surface area (Å²) in [5.74, 6) is 0.822. The molecule has 0 bridgehead atoms. The zero-order valence-corrected chi connectivity index (χ0v) is 11.1. The van der Waals surface area contributed by atoms with E-state index in [4.69, 9.17) is 5.73 Å². The Morgan fingerprint density at radius 3 is 2.88 bits per heavy atom. The molecule has 17 heavy (non-hydrogen) atoms. The molecule has 1 heterocycles. The normalized spacial score (nSPS) is 11.1. The fourth-order valence-corrected chi connectivity index (χ4v) is 1.79. The molecule has 0 unspecified atom stereocenters. The first kappa shape index (κ1) is 14.1. The number of nitrogens with two attached hydrogens (primary N) is 1. The molecule has 0 aliphatic rings. The number of nitrogens with one attached hydrogen (secondary N) is 1. The molecule has 0 atom stereocenters. The molecule has 0 aliphatic carbocycles. The molecule has 96 valence electrons. The second-order valence-corrected chi connectivity index (χ2v) is 4.93. The molecule has 0 fully saturated rings. The number of pyridine rings is 1. The number of hydrogen-bond acceptors (Lipinski definition) is 3. The Morgan fingerprint density at radius 1 is 1.35 bits per heavy atom. The zero-order valence-electron chi connectivity index (χ0n) is 11.1. The highest BCUT2D eigenvalue weighted by molar-refractivity contribution is 5.15. The summed E-state index contributed by atoms with van der Waals surface area (Å²) in [6, 6.07) is 4.11. The minimum atomic E-state index is 0.516. The van der Waals surface area contributed by atoms with E-state index < -0.39 is 0 Å². The Balaban J connectivity index is 2.13. The van der Waals surface area contributed by atoms with Gasteiger partial charge in [0.1, 0.15) is 0 Å². The molecular formula is C14H25N3. The predicted octanol–water partition coefficient (Wildman–Crippen LogP) is 2.46. The van der Waals surface area contributed by atoms with E-state index in [9.17, 15) is 0 Å². The summed E-state index contributed by atoms with van der Waals surface area (Å²) in [6.07, 6.45) is 5.73. The van der Waals surface area contributed by atoms with E-state index in [1.54, 1.807) is 0 Å². The molecule has 3 heteroatoms. The van der Waals surface area contributed by atoms with Crippen LogP contribution in [0.25, 0.3) is 0 Å². The van der Waals surface area contributed by atoms with Crippen LogP contribution >= 0.6 is 0 Å². The molecule has 0 saturated carbocycles. The monoisotopic (exact) mass is 235 g/mol. The number of hydrogen-bond donors (Lipinski definition) is 2. The largest absolute Gasteiger partial charge is 0.325 e. The highest BCUT2D eigenvalue weighted by Crippen LogP contribution is 2.05. The summed E-state index contributed by atoms with van der Waals surface area (Å²) >= 11 is 0. The number of unbranched alkanes of at least 4 members (excludes halogenated alkanes) is 1. The van der Waals surface area contributed by atoms with Crippen LogP contribution in [0.1, 0.15) is 44.4 Å². The van der Waals surface area contributed by atoms with Crippen LogP contribution in [-0.4, -0.2) is 11.5 Å². The van der Waals surface area contributed by atoms with E-state index in [0.29, 0.717) is 6.54 Å². The van der Waals surface area contributed by atoms with Gasteiger partial charge in [-0.1, -0.05) is 26.7 Å². The Bertz CT molecular complexity index is 310. The molecule has 1 rings (SSSR count). The highest BCUT2D eigenvalue weighted by Gasteiger charge is 1.96. The number of aromatic nitrogens is 1. The van der Waals surface area contributed by atoms with Crippen molar-refractivity contribution in [2.75, 3.05) is 6.54 Å². The summed E-state index contributed by atoms with van der Waals surface area (Å²) in [6.45, 7) is 7.07. The average Bonchev–Trinajstić information content (AvgIpc) is 2.33. The van der Waals surface area contributed by atoms with Crippen LogP contribution < -0.4 is 11.1 Å². The van der Waals surface area contributed by atoms with Crippen molar-refractivity contribution in [2.24, 2.45) is 11.7 Å². The lowest BCUT2D eigenvalue weighted by Gasteiger charge is -2.07. The average molecular weight is 235 g/mol. The molecule has 0 aliphatic heterocycles. The van der Waals surface area contributed by atoms with Gasteiger partial charge < -0.3 is 11.1 Å². The van der Waals surface area contributed by atoms with Gasteiger partial charge >= 0.3 is 0 Å². The molecule has 3 N–H and O–H groups in total. The predicted molar refractivity (Wildman–Crippen MR) is 72.5 cm³/mol. The maximum absolute atomic E-state index is 5.56. The van der Waals surface area contributed by atoms with Crippen molar-refractivity contribution in [3.63, 3.8) is 0 Å². The maximum Gasteiger partial charge on any atom is 0.0542 e. The van der Waals surface area contributed by atoms with Gasteiger partial charge in [0.05, 0.1) is 5.69 Å². The molecule has 1 aromatic heterocycles. The Labute approximate surface area is 105 Å². The van der Waals surface area contributed by atoms with E-state index in [1.807, 2.05) is 12.3 Å². The van der Waals surface area contributed by atoms with Crippen LogP contribution in [-0.2, 0) is 13.1 Å². The third-order valence-electron chi connectivity index (χ3n) is 2.80. The first-order valence-electron chi connectivity index (χ1n) is 6.57. The minimum absolute atomic E-state index is 0.516. The van der Waals surface area contributed by atoms with E-state index in [-0.39, 0.29) is 0 Å². The van der Waals surface area contributed by atoms with Gasteiger partial charge in [-0.3, -0.25) is 4.98 Å². The third-order valence-corrected chi connectivity index (χ3v) is 2.80. The van der Waals surface area contributed by atoms with Crippen LogP contribution in [0.2, 0.25) is 0 Å². The van der Waals surface area contributed by atoms with Crippen molar-refractivity contribution in [1.82, 2.24) is 10.3 Å². The molecule has 0 amide bonds. The van der Waals surface area contributed by atoms with Gasteiger partial charge in [-0.15, -0.1) is 0 Å². The van der Waals surface area contributed by atoms with E-state index in [0.717, 1.165) is 24.7 Å². The Hall–Kier alpha value is -0.930. The molecular weight excluding hydrogens is 210 g/mol. The number of nitrogens with zero attached hydrogens (tertiary/aromatic N) is 1. The van der Waals surface area contributed by atoms with E-state index in [2.05, 4.69) is 30.2 Å². The van der Waals surface area contributed by atoms with E-state index in [1.165, 1.54) is 24.8 Å². The van der Waals surface area contributed by atoms with Crippen molar-refractivity contribution in [1.29, 1.82) is 0 Å². The molecule has 1 aromatic rings. The van der Waals surface area contributed by atoms with Crippen molar-refractivity contribution in [3.05, 3.63) is 29.6 Å². The van der Waals surface area contributed by atoms with Gasteiger partial charge in [-0.25, -0.2) is 0 Å². The first-order chi connectivity index (χ1) is 8.22. The lowest BCUT2D eigenvalue weighted by atomic mass is 10.1. The van der Waals surface area contributed by atoms with Crippen LogP contribution in [0.15, 0.2) is 18.3 Å². The smallest absolute Gasteiger partial charge is 0.0542 e. The fraction of sp³-hybridized carbons (Fsp3) is 0.643. The zero-order chi connectivity index (χ0) is 12.5. The highest BCUT2D eigenvalue weighted by atomic mass is 14.8. The minimum Gasteiger partial charge on any atom is -0.325 e. The summed E-state index contributed by atoms with van der Waals surface area (Å²) in [7, 11) is 0. The van der Waals surface area contributed by atoms with Crippen LogP contribution in [0.4, 0.5) is 0 Å². The van der Waals surface area contributed by atoms with Gasteiger partial charge in [0.2, 0.25) is 0 Å². The summed E-state index contributed by atoms with van der Waals surface area (Å²) in [5.41, 5.74) is 7.79. The maximum atomic E-state index is 5.56. The third kappa shape index (κ3) is 6.39. The van der Waals surface area contributed by atoms with Gasteiger partial charge in [-0.05, 0) is 36.6 Å². The van der Waals surface area contributed by atoms with Crippen molar-refractivity contribution in [3.8, 4) is 0 Å².